The molecule has 8 nitrogen and oxygen atoms in total. The summed E-state index contributed by atoms with van der Waals surface area (Å²) in [6, 6.07) is 28.9. The van der Waals surface area contributed by atoms with Crippen molar-refractivity contribution in [3.05, 3.63) is 125 Å². The molecule has 48 heavy (non-hydrogen) atoms. The van der Waals surface area contributed by atoms with Gasteiger partial charge in [-0.05, 0) is 61.2 Å². The minimum absolute atomic E-state index is 0.00155. The maximum Gasteiger partial charge on any atom is 0.264 e. The Hall–Kier alpha value is -4.34. The summed E-state index contributed by atoms with van der Waals surface area (Å²) in [7, 11) is -2.81. The van der Waals surface area contributed by atoms with Crippen molar-refractivity contribution < 1.29 is 22.7 Å². The van der Waals surface area contributed by atoms with E-state index in [2.05, 4.69) is 5.32 Å². The van der Waals surface area contributed by atoms with Crippen LogP contribution >= 0.6 is 11.6 Å². The van der Waals surface area contributed by atoms with Crippen molar-refractivity contribution in [3.8, 4) is 5.75 Å². The number of aryl methyl sites for hydroxylation is 1. The summed E-state index contributed by atoms with van der Waals surface area (Å²) in [6.07, 6.45) is 5.17. The predicted octanol–water partition coefficient (Wildman–Crippen LogP) is 6.94. The zero-order valence-electron chi connectivity index (χ0n) is 27.3. The molecule has 10 heteroatoms. The van der Waals surface area contributed by atoms with Crippen molar-refractivity contribution in [3.63, 3.8) is 0 Å². The van der Waals surface area contributed by atoms with E-state index in [0.717, 1.165) is 47.5 Å². The summed E-state index contributed by atoms with van der Waals surface area (Å²) in [5.41, 5.74) is 2.61. The Labute approximate surface area is 288 Å². The van der Waals surface area contributed by atoms with Crippen molar-refractivity contribution in [2.24, 2.45) is 0 Å². The average molecular weight is 688 g/mol. The number of benzene rings is 4. The van der Waals surface area contributed by atoms with Gasteiger partial charge in [0.2, 0.25) is 11.8 Å². The van der Waals surface area contributed by atoms with Gasteiger partial charge in [-0.1, -0.05) is 109 Å². The van der Waals surface area contributed by atoms with E-state index in [1.54, 1.807) is 48.5 Å². The third-order valence-corrected chi connectivity index (χ3v) is 10.9. The van der Waals surface area contributed by atoms with Crippen LogP contribution in [-0.2, 0) is 32.6 Å². The molecule has 0 heterocycles. The van der Waals surface area contributed by atoms with Crippen molar-refractivity contribution >= 4 is 39.1 Å². The van der Waals surface area contributed by atoms with Crippen LogP contribution in [0.25, 0.3) is 0 Å². The Bertz CT molecular complexity index is 1790. The molecule has 0 radical (unpaired) electrons. The van der Waals surface area contributed by atoms with E-state index in [9.17, 15) is 18.0 Å². The van der Waals surface area contributed by atoms with E-state index in [-0.39, 0.29) is 41.2 Å². The van der Waals surface area contributed by atoms with Crippen LogP contribution < -0.4 is 14.4 Å². The number of amides is 2. The second kappa shape index (κ2) is 16.2. The molecule has 1 aliphatic rings. The number of sulfonamides is 1. The van der Waals surface area contributed by atoms with E-state index < -0.39 is 28.5 Å². The molecule has 2 amide bonds. The molecule has 1 aliphatic carbocycles. The minimum atomic E-state index is -4.26. The van der Waals surface area contributed by atoms with Crippen LogP contribution in [0.1, 0.15) is 48.8 Å². The number of halogens is 1. The molecule has 1 saturated carbocycles. The van der Waals surface area contributed by atoms with Crippen LogP contribution in [0.5, 0.6) is 5.75 Å². The largest absolute Gasteiger partial charge is 0.495 e. The van der Waals surface area contributed by atoms with Gasteiger partial charge in [0.1, 0.15) is 18.3 Å². The highest BCUT2D eigenvalue weighted by Gasteiger charge is 2.36. The zero-order valence-corrected chi connectivity index (χ0v) is 28.9. The van der Waals surface area contributed by atoms with Crippen molar-refractivity contribution in [1.29, 1.82) is 0 Å². The molecule has 4 aromatic rings. The molecule has 0 aromatic heterocycles. The lowest BCUT2D eigenvalue weighted by atomic mass is 9.94. The fraction of sp³-hybridized carbons (Fsp3) is 0.316. The number of carbonyl (C=O) groups is 2. The molecule has 0 saturated heterocycles. The van der Waals surface area contributed by atoms with E-state index in [4.69, 9.17) is 16.3 Å². The molecule has 0 bridgehead atoms. The number of methoxy groups -OCH3 is 1. The molecular formula is C38H42ClN3O5S. The topological polar surface area (TPSA) is 96.0 Å². The van der Waals surface area contributed by atoms with Gasteiger partial charge in [-0.3, -0.25) is 13.9 Å². The van der Waals surface area contributed by atoms with Crippen LogP contribution in [0.2, 0.25) is 5.02 Å². The third kappa shape index (κ3) is 8.57. The van der Waals surface area contributed by atoms with Crippen molar-refractivity contribution in [2.45, 2.75) is 69.0 Å². The summed E-state index contributed by atoms with van der Waals surface area (Å²) in [5.74, 6) is -0.554. The van der Waals surface area contributed by atoms with Gasteiger partial charge in [-0.15, -0.1) is 0 Å². The van der Waals surface area contributed by atoms with E-state index in [0.29, 0.717) is 10.6 Å². The first-order valence-corrected chi connectivity index (χ1v) is 18.1. The average Bonchev–Trinajstić information content (AvgIpc) is 3.10. The number of hydrogen-bond donors (Lipinski definition) is 1. The Kier molecular flexibility index (Phi) is 11.8. The first kappa shape index (κ1) is 35.0. The van der Waals surface area contributed by atoms with E-state index >= 15 is 0 Å². The van der Waals surface area contributed by atoms with Gasteiger partial charge < -0.3 is 15.0 Å². The van der Waals surface area contributed by atoms with E-state index in [1.807, 2.05) is 49.4 Å². The van der Waals surface area contributed by atoms with Gasteiger partial charge in [0.15, 0.2) is 0 Å². The van der Waals surface area contributed by atoms with Gasteiger partial charge in [0.25, 0.3) is 10.0 Å². The molecule has 252 valence electrons. The minimum Gasteiger partial charge on any atom is -0.495 e. The van der Waals surface area contributed by atoms with Crippen molar-refractivity contribution in [2.75, 3.05) is 18.0 Å². The van der Waals surface area contributed by atoms with Crippen LogP contribution in [0.4, 0.5) is 5.69 Å². The quantitative estimate of drug-likeness (QED) is 0.164. The summed E-state index contributed by atoms with van der Waals surface area (Å²) in [6.45, 7) is 1.29. The summed E-state index contributed by atoms with van der Waals surface area (Å²) >= 11 is 6.62. The van der Waals surface area contributed by atoms with Gasteiger partial charge in [0.05, 0.1) is 17.7 Å². The maximum atomic E-state index is 14.8. The monoisotopic (exact) mass is 687 g/mol. The highest BCUT2D eigenvalue weighted by Crippen LogP contribution is 2.33. The molecule has 4 aromatic carbocycles. The summed E-state index contributed by atoms with van der Waals surface area (Å²) in [5, 5.41) is 3.66. The summed E-state index contributed by atoms with van der Waals surface area (Å²) < 4.78 is 35.3. The second-order valence-corrected chi connectivity index (χ2v) is 14.4. The SMILES string of the molecule is COc1ccccc1N(CC(=O)N(Cc1ccccc1Cl)[C@@H](Cc1ccccc1)C(=O)NC1CCCCC1)S(=O)(=O)c1ccc(C)cc1. The molecule has 0 spiro atoms. The van der Waals surface area contributed by atoms with Crippen LogP contribution in [-0.4, -0.2) is 50.9 Å². The lowest BCUT2D eigenvalue weighted by Gasteiger charge is -2.35. The molecule has 1 N–H and O–H groups in total. The predicted molar refractivity (Wildman–Crippen MR) is 190 cm³/mol. The molecule has 1 atom stereocenters. The second-order valence-electron chi connectivity index (χ2n) is 12.2. The van der Waals surface area contributed by atoms with Crippen LogP contribution in [0, 0.1) is 6.92 Å². The van der Waals surface area contributed by atoms with Gasteiger partial charge in [-0.25, -0.2) is 8.42 Å². The van der Waals surface area contributed by atoms with Gasteiger partial charge in [-0.2, -0.15) is 0 Å². The Morgan fingerprint density at radius 1 is 0.875 bits per heavy atom. The van der Waals surface area contributed by atoms with Crippen LogP contribution in [0.3, 0.4) is 0 Å². The number of ether oxygens (including phenoxy) is 1. The zero-order chi connectivity index (χ0) is 34.1. The maximum absolute atomic E-state index is 14.8. The number of hydrogen-bond acceptors (Lipinski definition) is 5. The van der Waals surface area contributed by atoms with Crippen LogP contribution in [0.15, 0.2) is 108 Å². The number of carbonyl (C=O) groups excluding carboxylic acids is 2. The van der Waals surface area contributed by atoms with Gasteiger partial charge in [0, 0.05) is 24.0 Å². The third-order valence-electron chi connectivity index (χ3n) is 8.76. The summed E-state index contributed by atoms with van der Waals surface area (Å²) in [4.78, 5) is 30.5. The molecule has 1 fully saturated rings. The molecular weight excluding hydrogens is 646 g/mol. The fourth-order valence-corrected chi connectivity index (χ4v) is 7.72. The lowest BCUT2D eigenvalue weighted by molar-refractivity contribution is -0.140. The Morgan fingerprint density at radius 3 is 2.21 bits per heavy atom. The number of nitrogens with one attached hydrogen (secondary N) is 1. The highest BCUT2D eigenvalue weighted by molar-refractivity contribution is 7.92. The van der Waals surface area contributed by atoms with Crippen molar-refractivity contribution in [1.82, 2.24) is 10.2 Å². The first-order chi connectivity index (χ1) is 23.2. The fourth-order valence-electron chi connectivity index (χ4n) is 6.10. The Balaban J connectivity index is 1.59. The van der Waals surface area contributed by atoms with E-state index in [1.165, 1.54) is 24.1 Å². The highest BCUT2D eigenvalue weighted by atomic mass is 35.5. The normalized spacial score (nSPS) is 14.1. The Morgan fingerprint density at radius 2 is 1.52 bits per heavy atom. The standard InChI is InChI=1S/C38H42ClN3O5S/c1-28-21-23-32(24-22-28)48(45,46)42(34-19-11-12-20-36(34)47-2)27-37(43)41(26-30-15-9-10-18-33(30)39)35(25-29-13-5-3-6-14-29)38(44)40-31-16-7-4-8-17-31/h3,5-6,9-15,18-24,31,35H,4,7-8,16-17,25-27H2,1-2H3,(H,40,44)/t35-/m0/s1. The number of anilines is 1. The lowest BCUT2D eigenvalue weighted by Crippen LogP contribution is -2.55. The molecule has 5 rings (SSSR count). The molecule has 0 aliphatic heterocycles. The number of nitrogens with zero attached hydrogens (tertiary/aromatic N) is 2. The number of rotatable bonds is 13. The molecule has 0 unspecified atom stereocenters. The number of para-hydroxylation sites is 2. The van der Waals surface area contributed by atoms with Gasteiger partial charge >= 0.3 is 0 Å². The smallest absolute Gasteiger partial charge is 0.264 e. The first-order valence-electron chi connectivity index (χ1n) is 16.3.